The standard InChI is InChI=1S/C14H20N4O2/c1-8(2)11-7-10(13(19)16-6-5-15-4)12-9(3)18-20-14(12)17-11/h7-8,15H,5-6H2,1-4H3,(H,16,19). The molecule has 20 heavy (non-hydrogen) atoms. The number of nitrogens with zero attached hydrogens (tertiary/aromatic N) is 2. The molecule has 0 saturated carbocycles. The number of pyridine rings is 1. The van der Waals surface area contributed by atoms with Gasteiger partial charge in [-0.2, -0.15) is 0 Å². The van der Waals surface area contributed by atoms with Crippen LogP contribution >= 0.6 is 0 Å². The number of carbonyl (C=O) groups is 1. The van der Waals surface area contributed by atoms with Crippen LogP contribution in [-0.2, 0) is 0 Å². The zero-order chi connectivity index (χ0) is 14.7. The molecular weight excluding hydrogens is 256 g/mol. The summed E-state index contributed by atoms with van der Waals surface area (Å²) in [7, 11) is 1.85. The number of nitrogens with one attached hydrogen (secondary N) is 2. The van der Waals surface area contributed by atoms with Crippen LogP contribution in [0.25, 0.3) is 11.1 Å². The molecule has 0 spiro atoms. The second-order valence-corrected chi connectivity index (χ2v) is 5.06. The third-order valence-corrected chi connectivity index (χ3v) is 3.13. The van der Waals surface area contributed by atoms with E-state index >= 15 is 0 Å². The molecule has 2 N–H and O–H groups in total. The van der Waals surface area contributed by atoms with Crippen LogP contribution < -0.4 is 10.6 Å². The lowest BCUT2D eigenvalue weighted by molar-refractivity contribution is 0.0955. The number of rotatable bonds is 5. The van der Waals surface area contributed by atoms with Gasteiger partial charge in [-0.25, -0.2) is 4.98 Å². The van der Waals surface area contributed by atoms with Gasteiger partial charge in [-0.05, 0) is 26.0 Å². The van der Waals surface area contributed by atoms with Crippen LogP contribution in [0.3, 0.4) is 0 Å². The average molecular weight is 276 g/mol. The van der Waals surface area contributed by atoms with Crippen molar-refractivity contribution in [2.45, 2.75) is 26.7 Å². The van der Waals surface area contributed by atoms with E-state index < -0.39 is 0 Å². The molecule has 0 aliphatic rings. The lowest BCUT2D eigenvalue weighted by Gasteiger charge is -2.09. The van der Waals surface area contributed by atoms with Gasteiger partial charge in [0.15, 0.2) is 0 Å². The molecule has 0 fully saturated rings. The van der Waals surface area contributed by atoms with Gasteiger partial charge in [0.2, 0.25) is 0 Å². The molecule has 6 nitrogen and oxygen atoms in total. The van der Waals surface area contributed by atoms with Gasteiger partial charge in [-0.1, -0.05) is 19.0 Å². The predicted molar refractivity (Wildman–Crippen MR) is 76.9 cm³/mol. The van der Waals surface area contributed by atoms with Crippen LogP contribution in [-0.4, -0.2) is 36.2 Å². The van der Waals surface area contributed by atoms with E-state index in [0.29, 0.717) is 28.9 Å². The van der Waals surface area contributed by atoms with Crippen LogP contribution in [0.2, 0.25) is 0 Å². The van der Waals surface area contributed by atoms with E-state index in [0.717, 1.165) is 12.2 Å². The molecule has 2 aromatic heterocycles. The van der Waals surface area contributed by atoms with E-state index in [9.17, 15) is 4.79 Å². The fourth-order valence-corrected chi connectivity index (χ4v) is 1.98. The Bertz CT molecular complexity index is 619. The van der Waals surface area contributed by atoms with Crippen molar-refractivity contribution >= 4 is 17.0 Å². The van der Waals surface area contributed by atoms with Crippen molar-refractivity contribution in [1.82, 2.24) is 20.8 Å². The van der Waals surface area contributed by atoms with Gasteiger partial charge < -0.3 is 15.2 Å². The van der Waals surface area contributed by atoms with Crippen molar-refractivity contribution < 1.29 is 9.32 Å². The maximum Gasteiger partial charge on any atom is 0.259 e. The highest BCUT2D eigenvalue weighted by Gasteiger charge is 2.19. The maximum absolute atomic E-state index is 12.3. The lowest BCUT2D eigenvalue weighted by Crippen LogP contribution is -2.30. The average Bonchev–Trinajstić information content (AvgIpc) is 2.79. The van der Waals surface area contributed by atoms with E-state index in [4.69, 9.17) is 4.52 Å². The summed E-state index contributed by atoms with van der Waals surface area (Å²) < 4.78 is 5.20. The van der Waals surface area contributed by atoms with Crippen molar-refractivity contribution in [2.24, 2.45) is 0 Å². The summed E-state index contributed by atoms with van der Waals surface area (Å²) in [4.78, 5) is 16.7. The van der Waals surface area contributed by atoms with Crippen LogP contribution in [0, 0.1) is 6.92 Å². The second-order valence-electron chi connectivity index (χ2n) is 5.06. The summed E-state index contributed by atoms with van der Waals surface area (Å²) in [6, 6.07) is 1.83. The van der Waals surface area contributed by atoms with E-state index in [1.165, 1.54) is 0 Å². The molecule has 0 saturated heterocycles. The molecule has 0 bridgehead atoms. The molecule has 108 valence electrons. The van der Waals surface area contributed by atoms with Gasteiger partial charge in [0, 0.05) is 18.8 Å². The van der Waals surface area contributed by atoms with Crippen molar-refractivity contribution in [3.63, 3.8) is 0 Å². The van der Waals surface area contributed by atoms with Crippen LogP contribution in [0.15, 0.2) is 10.6 Å². The Balaban J connectivity index is 2.43. The monoisotopic (exact) mass is 276 g/mol. The highest BCUT2D eigenvalue weighted by atomic mass is 16.5. The molecule has 0 atom stereocenters. The van der Waals surface area contributed by atoms with E-state index in [1.54, 1.807) is 0 Å². The third kappa shape index (κ3) is 2.80. The minimum atomic E-state index is -0.124. The third-order valence-electron chi connectivity index (χ3n) is 3.13. The van der Waals surface area contributed by atoms with E-state index in [1.807, 2.05) is 33.9 Å². The van der Waals surface area contributed by atoms with Crippen molar-refractivity contribution in [1.29, 1.82) is 0 Å². The summed E-state index contributed by atoms with van der Waals surface area (Å²) in [6.07, 6.45) is 0. The zero-order valence-corrected chi connectivity index (χ0v) is 12.3. The molecule has 0 aliphatic heterocycles. The largest absolute Gasteiger partial charge is 0.351 e. The zero-order valence-electron chi connectivity index (χ0n) is 12.3. The Labute approximate surface area is 117 Å². The number of amides is 1. The number of hydrogen-bond donors (Lipinski definition) is 2. The first-order chi connectivity index (χ1) is 9.54. The minimum Gasteiger partial charge on any atom is -0.351 e. The minimum absolute atomic E-state index is 0.124. The molecule has 2 rings (SSSR count). The molecule has 1 amide bonds. The number of fused-ring (bicyclic) bond motifs is 1. The van der Waals surface area contributed by atoms with Gasteiger partial charge in [0.25, 0.3) is 11.6 Å². The van der Waals surface area contributed by atoms with Crippen LogP contribution in [0.4, 0.5) is 0 Å². The smallest absolute Gasteiger partial charge is 0.259 e. The topological polar surface area (TPSA) is 80.0 Å². The Hall–Kier alpha value is -1.95. The molecule has 0 aromatic carbocycles. The SMILES string of the molecule is CNCCNC(=O)c1cc(C(C)C)nc2onc(C)c12. The van der Waals surface area contributed by atoms with Crippen LogP contribution in [0.1, 0.15) is 41.5 Å². The van der Waals surface area contributed by atoms with E-state index in [-0.39, 0.29) is 11.8 Å². The summed E-state index contributed by atoms with van der Waals surface area (Å²) in [5.74, 6) is 0.0921. The van der Waals surface area contributed by atoms with Gasteiger partial charge in [0.1, 0.15) is 0 Å². The molecular formula is C14H20N4O2. The fraction of sp³-hybridized carbons (Fsp3) is 0.500. The van der Waals surface area contributed by atoms with E-state index in [2.05, 4.69) is 20.8 Å². The Morgan fingerprint density at radius 2 is 2.15 bits per heavy atom. The van der Waals surface area contributed by atoms with Crippen molar-refractivity contribution in [3.8, 4) is 0 Å². The molecule has 0 radical (unpaired) electrons. The number of hydrogen-bond acceptors (Lipinski definition) is 5. The van der Waals surface area contributed by atoms with Gasteiger partial charge in [-0.3, -0.25) is 4.79 Å². The van der Waals surface area contributed by atoms with Gasteiger partial charge in [0.05, 0.1) is 16.6 Å². The Morgan fingerprint density at radius 1 is 1.40 bits per heavy atom. The fourth-order valence-electron chi connectivity index (χ4n) is 1.98. The maximum atomic E-state index is 12.3. The first-order valence-electron chi connectivity index (χ1n) is 6.74. The summed E-state index contributed by atoms with van der Waals surface area (Å²) in [5, 5.41) is 10.5. The first kappa shape index (κ1) is 14.5. The molecule has 2 aromatic rings. The van der Waals surface area contributed by atoms with Gasteiger partial charge >= 0.3 is 0 Å². The molecule has 0 unspecified atom stereocenters. The normalized spacial score (nSPS) is 11.2. The van der Waals surface area contributed by atoms with Crippen LogP contribution in [0.5, 0.6) is 0 Å². The quantitative estimate of drug-likeness (QED) is 0.811. The summed E-state index contributed by atoms with van der Waals surface area (Å²) >= 11 is 0. The number of aromatic nitrogens is 2. The van der Waals surface area contributed by atoms with Crippen molar-refractivity contribution in [3.05, 3.63) is 23.0 Å². The lowest BCUT2D eigenvalue weighted by atomic mass is 10.0. The number of carbonyl (C=O) groups excluding carboxylic acids is 1. The Kier molecular flexibility index (Phi) is 4.34. The Morgan fingerprint density at radius 3 is 2.80 bits per heavy atom. The van der Waals surface area contributed by atoms with Crippen molar-refractivity contribution in [2.75, 3.05) is 20.1 Å². The number of likely N-dealkylation sites (N-methyl/N-ethyl adjacent to an activating group) is 1. The molecule has 6 heteroatoms. The first-order valence-corrected chi connectivity index (χ1v) is 6.74. The summed E-state index contributed by atoms with van der Waals surface area (Å²) in [5.41, 5.74) is 2.51. The highest BCUT2D eigenvalue weighted by Crippen LogP contribution is 2.24. The number of aryl methyl sites for hydroxylation is 1. The van der Waals surface area contributed by atoms with Gasteiger partial charge in [-0.15, -0.1) is 0 Å². The molecule has 0 aliphatic carbocycles. The molecule has 2 heterocycles. The second kappa shape index (κ2) is 6.00. The summed E-state index contributed by atoms with van der Waals surface area (Å²) in [6.45, 7) is 7.16. The predicted octanol–water partition coefficient (Wildman–Crippen LogP) is 1.60. The highest BCUT2D eigenvalue weighted by molar-refractivity contribution is 6.06.